The Kier molecular flexibility index (Phi) is 10.5. The molecule has 3 atom stereocenters. The lowest BCUT2D eigenvalue weighted by Crippen LogP contribution is -2.64. The molecule has 2 aromatic heterocycles. The highest BCUT2D eigenvalue weighted by Crippen LogP contribution is 2.45. The van der Waals surface area contributed by atoms with Gasteiger partial charge in [-0.15, -0.1) is 0 Å². The molecular formula is C40H50Cl2FN5O5Si. The van der Waals surface area contributed by atoms with Crippen LogP contribution in [0.25, 0.3) is 32.9 Å². The molecule has 0 saturated carbocycles. The van der Waals surface area contributed by atoms with Gasteiger partial charge in [0.05, 0.1) is 35.5 Å². The zero-order valence-electron chi connectivity index (χ0n) is 32.9. The molecule has 2 aliphatic rings. The number of aromatic nitrogens is 3. The van der Waals surface area contributed by atoms with Crippen molar-refractivity contribution in [2.45, 2.75) is 117 Å². The number of fused-ring (bicyclic) bond motifs is 4. The number of hydrogen-bond donors (Lipinski definition) is 0. The number of amides is 1. The Hall–Kier alpha value is -3.58. The van der Waals surface area contributed by atoms with Crippen molar-refractivity contribution in [1.82, 2.24) is 19.9 Å². The van der Waals surface area contributed by atoms with Crippen LogP contribution in [0, 0.1) is 11.2 Å². The molecule has 2 fully saturated rings. The highest BCUT2D eigenvalue weighted by atomic mass is 35.5. The standard InChI is InChI=1S/C40H50Cl2FN5O5Si/c1-38(2,3)35(49)52-24-18-22-14-12-13-15-25(22)26(19-24)31-30(43)32-29(33(41)44-31)34(46-36(42)45-32)47-20-23-16-17-27(48(23)37(50)53-39(4,5)6)28(47)21-51-54(10,11)40(7,8)9/h12-15,18-19,23,27-28H,16-17,20-21H2,1-11H3/t23-,27+,28-/m1/s1. The lowest BCUT2D eigenvalue weighted by Gasteiger charge is -2.48. The van der Waals surface area contributed by atoms with E-state index in [-0.39, 0.29) is 62.6 Å². The van der Waals surface area contributed by atoms with E-state index in [0.29, 0.717) is 28.7 Å². The smallest absolute Gasteiger partial charge is 0.410 e. The molecule has 6 rings (SSSR count). The Bertz CT molecular complexity index is 2130. The maximum Gasteiger partial charge on any atom is 0.410 e. The third-order valence-electron chi connectivity index (χ3n) is 10.7. The Morgan fingerprint density at radius 3 is 2.30 bits per heavy atom. The summed E-state index contributed by atoms with van der Waals surface area (Å²) in [6.45, 7) is 22.4. The second kappa shape index (κ2) is 14.2. The van der Waals surface area contributed by atoms with Crippen LogP contribution in [0.15, 0.2) is 36.4 Å². The van der Waals surface area contributed by atoms with E-state index in [1.807, 2.05) is 54.8 Å². The molecule has 290 valence electrons. The van der Waals surface area contributed by atoms with Crippen LogP contribution in [-0.2, 0) is 14.0 Å². The molecular weight excluding hydrogens is 748 g/mol. The van der Waals surface area contributed by atoms with Gasteiger partial charge in [0, 0.05) is 12.1 Å². The zero-order chi connectivity index (χ0) is 39.7. The van der Waals surface area contributed by atoms with Crippen LogP contribution in [0.4, 0.5) is 15.0 Å². The molecule has 0 radical (unpaired) electrons. The van der Waals surface area contributed by atoms with Gasteiger partial charge in [0.1, 0.15) is 33.5 Å². The first-order chi connectivity index (χ1) is 25.0. The molecule has 1 amide bonds. The minimum Gasteiger partial charge on any atom is -0.444 e. The van der Waals surface area contributed by atoms with Crippen LogP contribution in [0.2, 0.25) is 28.6 Å². The zero-order valence-corrected chi connectivity index (χ0v) is 35.4. The fraction of sp³-hybridized carbons (Fsp3) is 0.525. The molecule has 14 heteroatoms. The van der Waals surface area contributed by atoms with E-state index in [1.54, 1.807) is 32.9 Å². The van der Waals surface area contributed by atoms with Gasteiger partial charge < -0.3 is 18.8 Å². The predicted molar refractivity (Wildman–Crippen MR) is 215 cm³/mol. The first kappa shape index (κ1) is 40.1. The number of halogens is 3. The molecule has 4 aromatic rings. The maximum atomic E-state index is 17.1. The number of anilines is 1. The fourth-order valence-electron chi connectivity index (χ4n) is 6.86. The normalized spacial score (nSPS) is 19.5. The summed E-state index contributed by atoms with van der Waals surface area (Å²) in [5, 5.41) is 1.32. The van der Waals surface area contributed by atoms with Gasteiger partial charge in [-0.25, -0.2) is 19.2 Å². The van der Waals surface area contributed by atoms with E-state index in [1.165, 1.54) is 0 Å². The molecule has 2 aliphatic heterocycles. The molecule has 0 N–H and O–H groups in total. The van der Waals surface area contributed by atoms with E-state index in [4.69, 9.17) is 37.1 Å². The monoisotopic (exact) mass is 797 g/mol. The number of esters is 1. The Balaban J connectivity index is 1.49. The van der Waals surface area contributed by atoms with Gasteiger partial charge in [0.15, 0.2) is 14.1 Å². The first-order valence-electron chi connectivity index (χ1n) is 18.4. The number of pyridine rings is 1. The molecule has 0 aliphatic carbocycles. The van der Waals surface area contributed by atoms with E-state index >= 15 is 4.39 Å². The number of ether oxygens (including phenoxy) is 2. The average Bonchev–Trinajstić information content (AvgIpc) is 3.38. The molecule has 2 saturated heterocycles. The quantitative estimate of drug-likeness (QED) is 0.0619. The van der Waals surface area contributed by atoms with Crippen molar-refractivity contribution in [2.75, 3.05) is 18.1 Å². The van der Waals surface area contributed by atoms with Gasteiger partial charge >= 0.3 is 12.1 Å². The number of nitrogens with zero attached hydrogens (tertiary/aromatic N) is 5. The van der Waals surface area contributed by atoms with Gasteiger partial charge in [0.2, 0.25) is 5.28 Å². The van der Waals surface area contributed by atoms with Crippen molar-refractivity contribution in [3.8, 4) is 17.0 Å². The number of piperazine rings is 1. The molecule has 54 heavy (non-hydrogen) atoms. The van der Waals surface area contributed by atoms with Crippen molar-refractivity contribution in [2.24, 2.45) is 5.41 Å². The molecule has 4 heterocycles. The minimum atomic E-state index is -2.26. The summed E-state index contributed by atoms with van der Waals surface area (Å²) in [6.07, 6.45) is 1.08. The first-order valence-corrected chi connectivity index (χ1v) is 22.0. The SMILES string of the molecule is CC(C)(C)OC(=O)N1[C@@H]2CC[C@H]1[C@@H](CO[Si](C)(C)C(C)(C)C)N(c1nc(Cl)nc3c(F)c(-c4cc(OC(=O)C(C)(C)C)cc5ccccc45)nc(Cl)c13)C2. The van der Waals surface area contributed by atoms with Crippen molar-refractivity contribution in [3.05, 3.63) is 52.7 Å². The largest absolute Gasteiger partial charge is 0.444 e. The van der Waals surface area contributed by atoms with E-state index in [2.05, 4.69) is 48.8 Å². The minimum absolute atomic E-state index is 0.0276. The van der Waals surface area contributed by atoms with Crippen LogP contribution < -0.4 is 9.64 Å². The summed E-state index contributed by atoms with van der Waals surface area (Å²) >= 11 is 13.7. The highest BCUT2D eigenvalue weighted by molar-refractivity contribution is 6.74. The third-order valence-corrected chi connectivity index (χ3v) is 15.6. The van der Waals surface area contributed by atoms with E-state index < -0.39 is 37.2 Å². The summed E-state index contributed by atoms with van der Waals surface area (Å²) < 4.78 is 35.6. The van der Waals surface area contributed by atoms with Gasteiger partial charge in [0.25, 0.3) is 0 Å². The van der Waals surface area contributed by atoms with Crippen LogP contribution in [0.5, 0.6) is 5.75 Å². The summed E-state index contributed by atoms with van der Waals surface area (Å²) in [5.74, 6) is -0.639. The van der Waals surface area contributed by atoms with Gasteiger partial charge in [-0.05, 0) is 107 Å². The molecule has 10 nitrogen and oxygen atoms in total. The summed E-state index contributed by atoms with van der Waals surface area (Å²) in [7, 11) is -2.26. The summed E-state index contributed by atoms with van der Waals surface area (Å²) in [4.78, 5) is 44.1. The lowest BCUT2D eigenvalue weighted by atomic mass is 9.97. The maximum absolute atomic E-state index is 17.1. The Morgan fingerprint density at radius 2 is 1.65 bits per heavy atom. The van der Waals surface area contributed by atoms with E-state index in [9.17, 15) is 9.59 Å². The molecule has 2 aromatic carbocycles. The van der Waals surface area contributed by atoms with Crippen LogP contribution in [0.1, 0.15) is 75.2 Å². The molecule has 0 unspecified atom stereocenters. The predicted octanol–water partition coefficient (Wildman–Crippen LogP) is 10.2. The van der Waals surface area contributed by atoms with Crippen LogP contribution in [-0.4, -0.2) is 77.1 Å². The number of rotatable bonds is 6. The summed E-state index contributed by atoms with van der Waals surface area (Å²) in [6, 6.07) is 9.80. The topological polar surface area (TPSA) is 107 Å². The van der Waals surface area contributed by atoms with Gasteiger partial charge in [-0.1, -0.05) is 56.6 Å². The van der Waals surface area contributed by atoms with Gasteiger partial charge in [-0.3, -0.25) is 9.69 Å². The van der Waals surface area contributed by atoms with Crippen molar-refractivity contribution >= 4 is 71.1 Å². The van der Waals surface area contributed by atoms with Gasteiger partial charge in [-0.2, -0.15) is 4.98 Å². The fourth-order valence-corrected chi connectivity index (χ4v) is 8.31. The Labute approximate surface area is 327 Å². The number of benzene rings is 2. The average molecular weight is 799 g/mol. The van der Waals surface area contributed by atoms with Crippen molar-refractivity contribution in [3.63, 3.8) is 0 Å². The van der Waals surface area contributed by atoms with Crippen molar-refractivity contribution in [1.29, 1.82) is 0 Å². The molecule has 2 bridgehead atoms. The second-order valence-electron chi connectivity index (χ2n) is 17.9. The number of carbonyl (C=O) groups excluding carboxylic acids is 2. The lowest BCUT2D eigenvalue weighted by molar-refractivity contribution is -0.142. The summed E-state index contributed by atoms with van der Waals surface area (Å²) in [5.41, 5.74) is -1.26. The number of carbonyl (C=O) groups is 2. The second-order valence-corrected chi connectivity index (χ2v) is 23.4. The Morgan fingerprint density at radius 1 is 0.963 bits per heavy atom. The highest BCUT2D eigenvalue weighted by Gasteiger charge is 2.51. The number of hydrogen-bond acceptors (Lipinski definition) is 9. The van der Waals surface area contributed by atoms with Crippen molar-refractivity contribution < 1.29 is 27.9 Å². The molecule has 0 spiro atoms. The van der Waals surface area contributed by atoms with Crippen LogP contribution >= 0.6 is 23.2 Å². The third kappa shape index (κ3) is 7.76. The van der Waals surface area contributed by atoms with E-state index in [0.717, 1.165) is 12.8 Å². The van der Waals surface area contributed by atoms with Crippen LogP contribution in [0.3, 0.4) is 0 Å².